The highest BCUT2D eigenvalue weighted by Crippen LogP contribution is 2.39. The van der Waals surface area contributed by atoms with Gasteiger partial charge in [0.15, 0.2) is 0 Å². The standard InChI is InChI=1S/C14H21N/c1-4-11(3)15-14-9-10(2)12-7-5-6-8-13(12)14/h5-8,10-11,14-15H,4,9H2,1-3H3. The van der Waals surface area contributed by atoms with Crippen LogP contribution in [-0.4, -0.2) is 6.04 Å². The fraction of sp³-hybridized carbons (Fsp3) is 0.571. The van der Waals surface area contributed by atoms with Crippen molar-refractivity contribution in [3.05, 3.63) is 35.4 Å². The zero-order valence-corrected chi connectivity index (χ0v) is 9.96. The lowest BCUT2D eigenvalue weighted by molar-refractivity contribution is 0.432. The third-order valence-corrected chi connectivity index (χ3v) is 3.59. The lowest BCUT2D eigenvalue weighted by atomic mass is 10.0. The molecule has 1 heteroatoms. The number of benzene rings is 1. The molecule has 1 N–H and O–H groups in total. The van der Waals surface area contributed by atoms with Crippen molar-refractivity contribution in [3.63, 3.8) is 0 Å². The summed E-state index contributed by atoms with van der Waals surface area (Å²) in [5.41, 5.74) is 3.06. The smallest absolute Gasteiger partial charge is 0.0331 e. The molecule has 0 heterocycles. The predicted molar refractivity (Wildman–Crippen MR) is 65.1 cm³/mol. The van der Waals surface area contributed by atoms with Gasteiger partial charge in [0, 0.05) is 12.1 Å². The van der Waals surface area contributed by atoms with Crippen LogP contribution in [-0.2, 0) is 0 Å². The third kappa shape index (κ3) is 2.07. The van der Waals surface area contributed by atoms with Crippen LogP contribution < -0.4 is 5.32 Å². The van der Waals surface area contributed by atoms with E-state index in [-0.39, 0.29) is 0 Å². The first-order valence-electron chi connectivity index (χ1n) is 6.07. The monoisotopic (exact) mass is 203 g/mol. The van der Waals surface area contributed by atoms with Crippen molar-refractivity contribution in [2.24, 2.45) is 0 Å². The first-order chi connectivity index (χ1) is 7.22. The van der Waals surface area contributed by atoms with Crippen molar-refractivity contribution in [1.29, 1.82) is 0 Å². The molecule has 3 unspecified atom stereocenters. The molecular formula is C14H21N. The van der Waals surface area contributed by atoms with Gasteiger partial charge in [0.25, 0.3) is 0 Å². The minimum Gasteiger partial charge on any atom is -0.307 e. The van der Waals surface area contributed by atoms with Gasteiger partial charge in [-0.15, -0.1) is 0 Å². The Balaban J connectivity index is 2.17. The van der Waals surface area contributed by atoms with Gasteiger partial charge < -0.3 is 5.32 Å². The van der Waals surface area contributed by atoms with Crippen LogP contribution in [0.4, 0.5) is 0 Å². The molecular weight excluding hydrogens is 182 g/mol. The Morgan fingerprint density at radius 3 is 2.67 bits per heavy atom. The van der Waals surface area contributed by atoms with E-state index in [4.69, 9.17) is 0 Å². The average molecular weight is 203 g/mol. The van der Waals surface area contributed by atoms with Gasteiger partial charge in [0.05, 0.1) is 0 Å². The predicted octanol–water partition coefficient (Wildman–Crippen LogP) is 3.62. The van der Waals surface area contributed by atoms with E-state index in [0.29, 0.717) is 18.0 Å². The Kier molecular flexibility index (Phi) is 3.11. The summed E-state index contributed by atoms with van der Waals surface area (Å²) in [5.74, 6) is 0.711. The maximum Gasteiger partial charge on any atom is 0.0331 e. The molecule has 0 fully saturated rings. The van der Waals surface area contributed by atoms with Gasteiger partial charge in [-0.05, 0) is 36.8 Å². The summed E-state index contributed by atoms with van der Waals surface area (Å²) in [5, 5.41) is 3.72. The van der Waals surface area contributed by atoms with Crippen LogP contribution in [0, 0.1) is 0 Å². The van der Waals surface area contributed by atoms with Gasteiger partial charge in [0.2, 0.25) is 0 Å². The maximum atomic E-state index is 3.72. The molecule has 0 aromatic heterocycles. The zero-order valence-electron chi connectivity index (χ0n) is 9.96. The fourth-order valence-electron chi connectivity index (χ4n) is 2.50. The molecule has 0 amide bonds. The second kappa shape index (κ2) is 4.36. The molecule has 15 heavy (non-hydrogen) atoms. The molecule has 0 saturated heterocycles. The van der Waals surface area contributed by atoms with Gasteiger partial charge in [0.1, 0.15) is 0 Å². The normalized spacial score (nSPS) is 26.3. The number of nitrogens with one attached hydrogen (secondary N) is 1. The van der Waals surface area contributed by atoms with Gasteiger partial charge >= 0.3 is 0 Å². The Hall–Kier alpha value is -0.820. The first-order valence-corrected chi connectivity index (χ1v) is 6.07. The molecule has 0 bridgehead atoms. The van der Waals surface area contributed by atoms with E-state index in [9.17, 15) is 0 Å². The molecule has 1 aromatic rings. The topological polar surface area (TPSA) is 12.0 Å². The third-order valence-electron chi connectivity index (χ3n) is 3.59. The van der Waals surface area contributed by atoms with Crippen LogP contribution in [0.1, 0.15) is 56.7 Å². The van der Waals surface area contributed by atoms with Crippen molar-refractivity contribution in [3.8, 4) is 0 Å². The minimum atomic E-state index is 0.575. The second-order valence-electron chi connectivity index (χ2n) is 4.79. The average Bonchev–Trinajstić information content (AvgIpc) is 2.57. The largest absolute Gasteiger partial charge is 0.307 e. The summed E-state index contributed by atoms with van der Waals surface area (Å²) >= 11 is 0. The van der Waals surface area contributed by atoms with Crippen molar-refractivity contribution in [2.75, 3.05) is 0 Å². The Labute approximate surface area is 92.9 Å². The highest BCUT2D eigenvalue weighted by molar-refractivity contribution is 5.37. The van der Waals surface area contributed by atoms with Crippen LogP contribution in [0.2, 0.25) is 0 Å². The summed E-state index contributed by atoms with van der Waals surface area (Å²) in [7, 11) is 0. The highest BCUT2D eigenvalue weighted by atomic mass is 14.9. The van der Waals surface area contributed by atoms with Crippen LogP contribution in [0.25, 0.3) is 0 Å². The molecule has 1 nitrogen and oxygen atoms in total. The molecule has 0 saturated carbocycles. The first kappa shape index (κ1) is 10.7. The van der Waals surface area contributed by atoms with Crippen molar-refractivity contribution >= 4 is 0 Å². The summed E-state index contributed by atoms with van der Waals surface area (Å²) in [6, 6.07) is 10.1. The molecule has 2 rings (SSSR count). The molecule has 1 aliphatic carbocycles. The molecule has 1 aliphatic rings. The van der Waals surface area contributed by atoms with E-state index in [2.05, 4.69) is 50.4 Å². The van der Waals surface area contributed by atoms with E-state index in [1.165, 1.54) is 18.4 Å². The maximum absolute atomic E-state index is 3.72. The van der Waals surface area contributed by atoms with Gasteiger partial charge in [-0.25, -0.2) is 0 Å². The second-order valence-corrected chi connectivity index (χ2v) is 4.79. The lowest BCUT2D eigenvalue weighted by Crippen LogP contribution is -2.28. The number of hydrogen-bond acceptors (Lipinski definition) is 1. The SMILES string of the molecule is CCC(C)NC1CC(C)c2ccccc21. The Bertz CT molecular complexity index is 332. The van der Waals surface area contributed by atoms with Crippen LogP contribution in [0.15, 0.2) is 24.3 Å². The number of fused-ring (bicyclic) bond motifs is 1. The summed E-state index contributed by atoms with van der Waals surface area (Å²) < 4.78 is 0. The molecule has 0 radical (unpaired) electrons. The van der Waals surface area contributed by atoms with E-state index >= 15 is 0 Å². The zero-order chi connectivity index (χ0) is 10.8. The molecule has 0 aliphatic heterocycles. The van der Waals surface area contributed by atoms with Crippen LogP contribution >= 0.6 is 0 Å². The van der Waals surface area contributed by atoms with E-state index in [1.807, 2.05) is 0 Å². The Morgan fingerprint density at radius 1 is 1.33 bits per heavy atom. The minimum absolute atomic E-state index is 0.575. The van der Waals surface area contributed by atoms with Crippen molar-refractivity contribution < 1.29 is 0 Å². The Morgan fingerprint density at radius 2 is 2.00 bits per heavy atom. The van der Waals surface area contributed by atoms with Crippen molar-refractivity contribution in [1.82, 2.24) is 5.32 Å². The summed E-state index contributed by atoms with van der Waals surface area (Å²) in [6.45, 7) is 6.84. The lowest BCUT2D eigenvalue weighted by Gasteiger charge is -2.19. The van der Waals surface area contributed by atoms with Crippen molar-refractivity contribution in [2.45, 2.75) is 51.6 Å². The fourth-order valence-corrected chi connectivity index (χ4v) is 2.50. The summed E-state index contributed by atoms with van der Waals surface area (Å²) in [6.07, 6.45) is 2.46. The molecule has 1 aromatic carbocycles. The van der Waals surface area contributed by atoms with E-state index < -0.39 is 0 Å². The van der Waals surface area contributed by atoms with Crippen LogP contribution in [0.5, 0.6) is 0 Å². The molecule has 82 valence electrons. The highest BCUT2D eigenvalue weighted by Gasteiger charge is 2.27. The van der Waals surface area contributed by atoms with E-state index in [1.54, 1.807) is 5.56 Å². The van der Waals surface area contributed by atoms with Gasteiger partial charge in [-0.2, -0.15) is 0 Å². The molecule has 3 atom stereocenters. The van der Waals surface area contributed by atoms with Gasteiger partial charge in [-0.3, -0.25) is 0 Å². The number of rotatable bonds is 3. The van der Waals surface area contributed by atoms with E-state index in [0.717, 1.165) is 0 Å². The van der Waals surface area contributed by atoms with Crippen LogP contribution in [0.3, 0.4) is 0 Å². The molecule has 0 spiro atoms. The quantitative estimate of drug-likeness (QED) is 0.791. The van der Waals surface area contributed by atoms with Gasteiger partial charge in [-0.1, -0.05) is 38.1 Å². The number of hydrogen-bond donors (Lipinski definition) is 1. The summed E-state index contributed by atoms with van der Waals surface area (Å²) in [4.78, 5) is 0.